The van der Waals surface area contributed by atoms with E-state index in [1.54, 1.807) is 30.3 Å². The highest BCUT2D eigenvalue weighted by Crippen LogP contribution is 2.65. The molecule has 3 fully saturated rings. The molecule has 8 heteroatoms. The van der Waals surface area contributed by atoms with E-state index in [4.69, 9.17) is 4.42 Å². The summed E-state index contributed by atoms with van der Waals surface area (Å²) in [6.07, 6.45) is 6.66. The minimum atomic E-state index is -0.470. The highest BCUT2D eigenvalue weighted by molar-refractivity contribution is 6.06. The van der Waals surface area contributed by atoms with Crippen molar-refractivity contribution in [1.82, 2.24) is 5.01 Å². The third-order valence-electron chi connectivity index (χ3n) is 6.93. The van der Waals surface area contributed by atoms with Gasteiger partial charge in [-0.3, -0.25) is 19.7 Å². The number of nitro benzene ring substituents is 1. The molecule has 150 valence electrons. The van der Waals surface area contributed by atoms with Crippen LogP contribution in [0.1, 0.15) is 12.2 Å². The van der Waals surface area contributed by atoms with Crippen molar-refractivity contribution < 1.29 is 18.9 Å². The maximum Gasteiger partial charge on any atom is 0.280 e. The van der Waals surface area contributed by atoms with Crippen LogP contribution in [0.15, 0.2) is 58.1 Å². The van der Waals surface area contributed by atoms with Gasteiger partial charge in [0, 0.05) is 6.07 Å². The quantitative estimate of drug-likeness (QED) is 0.256. The number of carbonyl (C=O) groups is 2. The first kappa shape index (κ1) is 17.3. The third-order valence-corrected chi connectivity index (χ3v) is 6.93. The minimum absolute atomic E-state index is 0.0640. The minimum Gasteiger partial charge on any atom is -0.455 e. The molecule has 0 spiro atoms. The van der Waals surface area contributed by atoms with Crippen molar-refractivity contribution in [3.8, 4) is 11.3 Å². The molecule has 2 aromatic rings. The van der Waals surface area contributed by atoms with Gasteiger partial charge in [0.1, 0.15) is 11.5 Å². The van der Waals surface area contributed by atoms with Crippen LogP contribution in [0.5, 0.6) is 0 Å². The molecule has 2 saturated carbocycles. The average molecular weight is 403 g/mol. The van der Waals surface area contributed by atoms with Gasteiger partial charge >= 0.3 is 0 Å². The van der Waals surface area contributed by atoms with Gasteiger partial charge < -0.3 is 4.42 Å². The summed E-state index contributed by atoms with van der Waals surface area (Å²) in [5.74, 6) is 0.924. The number of rotatable bonds is 4. The van der Waals surface area contributed by atoms with Crippen LogP contribution in [-0.4, -0.2) is 28.0 Å². The van der Waals surface area contributed by atoms with E-state index >= 15 is 0 Å². The summed E-state index contributed by atoms with van der Waals surface area (Å²) in [6, 6.07) is 9.49. The van der Waals surface area contributed by atoms with Crippen LogP contribution in [0.4, 0.5) is 5.69 Å². The normalized spacial score (nSPS) is 33.3. The van der Waals surface area contributed by atoms with Crippen molar-refractivity contribution in [3.63, 3.8) is 0 Å². The number of nitrogens with zero attached hydrogens (tertiary/aromatic N) is 3. The lowest BCUT2D eigenvalue weighted by molar-refractivity contribution is -0.384. The highest BCUT2D eigenvalue weighted by Gasteiger charge is 2.67. The summed E-state index contributed by atoms with van der Waals surface area (Å²) >= 11 is 0. The standard InChI is InChI=1S/C22H17N3O5/c26-21-19-12-6-7-13(16-9-15(12)16)20(19)22(27)24(21)23-10-11-5-8-18(30-11)14-3-1-2-4-17(14)25(28)29/h1-8,10,12-13,15-16,19-20H,9H2/b23-10+/t12-,13-,15-,16-,19-,20+/m1/s1. The molecule has 6 atom stereocenters. The largest absolute Gasteiger partial charge is 0.455 e. The molecule has 30 heavy (non-hydrogen) atoms. The van der Waals surface area contributed by atoms with E-state index in [0.29, 0.717) is 28.9 Å². The lowest BCUT2D eigenvalue weighted by Gasteiger charge is -2.37. The molecule has 0 unspecified atom stereocenters. The summed E-state index contributed by atoms with van der Waals surface area (Å²) < 4.78 is 5.67. The average Bonchev–Trinajstić information content (AvgIpc) is 3.39. The van der Waals surface area contributed by atoms with Crippen molar-refractivity contribution in [2.75, 3.05) is 0 Å². The Balaban J connectivity index is 1.26. The van der Waals surface area contributed by atoms with E-state index < -0.39 is 4.92 Å². The number of imide groups is 1. The number of benzene rings is 1. The number of hydrogen-bond acceptors (Lipinski definition) is 6. The first-order valence-electron chi connectivity index (χ1n) is 9.98. The fraction of sp³-hybridized carbons (Fsp3) is 0.318. The molecule has 4 aliphatic carbocycles. The van der Waals surface area contributed by atoms with Crippen LogP contribution in [0, 0.1) is 45.6 Å². The number of carbonyl (C=O) groups excluding carboxylic acids is 2. The fourth-order valence-corrected chi connectivity index (χ4v) is 5.58. The van der Waals surface area contributed by atoms with Crippen molar-refractivity contribution in [1.29, 1.82) is 0 Å². The molecule has 2 heterocycles. The number of amides is 2. The van der Waals surface area contributed by atoms with E-state index in [1.807, 2.05) is 0 Å². The second-order valence-electron chi connectivity index (χ2n) is 8.36. The Labute approximate surface area is 171 Å². The Hall–Kier alpha value is -3.55. The third kappa shape index (κ3) is 2.30. The van der Waals surface area contributed by atoms with Gasteiger partial charge in [-0.2, -0.15) is 10.1 Å². The van der Waals surface area contributed by atoms with Crippen LogP contribution in [-0.2, 0) is 9.59 Å². The Morgan fingerprint density at radius 2 is 1.70 bits per heavy atom. The Morgan fingerprint density at radius 3 is 2.37 bits per heavy atom. The maximum absolute atomic E-state index is 12.9. The lowest BCUT2D eigenvalue weighted by atomic mass is 9.63. The van der Waals surface area contributed by atoms with Gasteiger partial charge in [-0.25, -0.2) is 0 Å². The monoisotopic (exact) mass is 403 g/mol. The summed E-state index contributed by atoms with van der Waals surface area (Å²) in [4.78, 5) is 36.6. The molecule has 8 nitrogen and oxygen atoms in total. The van der Waals surface area contributed by atoms with E-state index in [-0.39, 0.29) is 41.2 Å². The molecule has 1 aromatic heterocycles. The molecule has 1 aromatic carbocycles. The Kier molecular flexibility index (Phi) is 3.45. The van der Waals surface area contributed by atoms with Crippen LogP contribution < -0.4 is 0 Å². The lowest BCUT2D eigenvalue weighted by Crippen LogP contribution is -2.40. The number of hydrogen-bond donors (Lipinski definition) is 0. The van der Waals surface area contributed by atoms with Crippen molar-refractivity contribution in [2.24, 2.45) is 40.6 Å². The molecular formula is C22H17N3O5. The number of para-hydroxylation sites is 1. The summed E-state index contributed by atoms with van der Waals surface area (Å²) in [6.45, 7) is 0. The highest BCUT2D eigenvalue weighted by atomic mass is 16.6. The predicted molar refractivity (Wildman–Crippen MR) is 105 cm³/mol. The van der Waals surface area contributed by atoms with Gasteiger partial charge in [0.15, 0.2) is 0 Å². The molecule has 0 radical (unpaired) electrons. The number of nitro groups is 1. The van der Waals surface area contributed by atoms with Crippen LogP contribution in [0.25, 0.3) is 11.3 Å². The molecule has 5 aliphatic rings. The fourth-order valence-electron chi connectivity index (χ4n) is 5.58. The zero-order valence-corrected chi connectivity index (χ0v) is 15.8. The molecule has 0 N–H and O–H groups in total. The van der Waals surface area contributed by atoms with E-state index in [2.05, 4.69) is 17.3 Å². The van der Waals surface area contributed by atoms with E-state index in [0.717, 1.165) is 11.4 Å². The van der Waals surface area contributed by atoms with E-state index in [9.17, 15) is 19.7 Å². The van der Waals surface area contributed by atoms with Crippen LogP contribution in [0.2, 0.25) is 0 Å². The first-order valence-corrected chi connectivity index (χ1v) is 9.98. The van der Waals surface area contributed by atoms with Gasteiger partial charge in [-0.1, -0.05) is 24.3 Å². The molecule has 2 bridgehead atoms. The van der Waals surface area contributed by atoms with Gasteiger partial charge in [0.25, 0.3) is 17.5 Å². The summed E-state index contributed by atoms with van der Waals surface area (Å²) in [7, 11) is 0. The zero-order chi connectivity index (χ0) is 20.6. The molecule has 1 saturated heterocycles. The van der Waals surface area contributed by atoms with Gasteiger partial charge in [-0.05, 0) is 48.3 Å². The molecular weight excluding hydrogens is 386 g/mol. The SMILES string of the molecule is O=C1[C@@H]2[C@@H]3C=C[C@H]([C@H]4C[C@H]34)[C@@H]2C(=O)N1/N=C/c1ccc(-c2ccccc2[N+](=O)[O-])o1. The van der Waals surface area contributed by atoms with Crippen molar-refractivity contribution in [3.05, 3.63) is 64.4 Å². The second-order valence-corrected chi connectivity index (χ2v) is 8.36. The van der Waals surface area contributed by atoms with Crippen LogP contribution in [0.3, 0.4) is 0 Å². The zero-order valence-electron chi connectivity index (χ0n) is 15.8. The first-order chi connectivity index (χ1) is 14.5. The van der Waals surface area contributed by atoms with Gasteiger partial charge in [0.2, 0.25) is 0 Å². The summed E-state index contributed by atoms with van der Waals surface area (Å²) in [5, 5.41) is 16.4. The molecule has 2 amide bonds. The molecule has 1 aliphatic heterocycles. The predicted octanol–water partition coefficient (Wildman–Crippen LogP) is 3.24. The number of furan rings is 1. The van der Waals surface area contributed by atoms with Crippen molar-refractivity contribution in [2.45, 2.75) is 6.42 Å². The van der Waals surface area contributed by atoms with Gasteiger partial charge in [0.05, 0.1) is 28.5 Å². The van der Waals surface area contributed by atoms with Crippen molar-refractivity contribution >= 4 is 23.7 Å². The Morgan fingerprint density at radius 1 is 1.03 bits per heavy atom. The second kappa shape index (κ2) is 5.98. The number of hydrazone groups is 1. The van der Waals surface area contributed by atoms with E-state index in [1.165, 1.54) is 12.3 Å². The maximum atomic E-state index is 12.9. The number of allylic oxidation sites excluding steroid dienone is 2. The Bertz CT molecular complexity index is 1130. The summed E-state index contributed by atoms with van der Waals surface area (Å²) in [5.41, 5.74) is 0.286. The van der Waals surface area contributed by atoms with Crippen LogP contribution >= 0.6 is 0 Å². The molecule has 7 rings (SSSR count). The smallest absolute Gasteiger partial charge is 0.280 e. The topological polar surface area (TPSA) is 106 Å². The van der Waals surface area contributed by atoms with Gasteiger partial charge in [-0.15, -0.1) is 0 Å².